The number of benzene rings is 2. The van der Waals surface area contributed by atoms with E-state index in [9.17, 15) is 9.59 Å². The summed E-state index contributed by atoms with van der Waals surface area (Å²) in [5.41, 5.74) is 6.11. The summed E-state index contributed by atoms with van der Waals surface area (Å²) in [6, 6.07) is 11.1. The highest BCUT2D eigenvalue weighted by Gasteiger charge is 2.15. The lowest BCUT2D eigenvalue weighted by molar-refractivity contribution is -0.122. The average molecular weight is 426 g/mol. The Hall–Kier alpha value is -2.59. The van der Waals surface area contributed by atoms with Crippen molar-refractivity contribution < 1.29 is 23.6 Å². The number of hydrogen-bond donors (Lipinski definition) is 4. The number of fused-ring (bicyclic) bond motifs is 1. The summed E-state index contributed by atoms with van der Waals surface area (Å²) in [7, 11) is 4.56. The van der Waals surface area contributed by atoms with E-state index in [0.717, 1.165) is 16.3 Å². The van der Waals surface area contributed by atoms with Gasteiger partial charge in [-0.15, -0.1) is 0 Å². The molecule has 0 unspecified atom stereocenters. The van der Waals surface area contributed by atoms with E-state index in [-0.39, 0.29) is 18.6 Å². The Morgan fingerprint density at radius 3 is 2.61 bits per heavy atom. The summed E-state index contributed by atoms with van der Waals surface area (Å²) in [6.45, 7) is 3.44. The third-order valence-corrected chi connectivity index (χ3v) is 4.45. The first-order valence-corrected chi connectivity index (χ1v) is 10.0. The molecule has 0 spiro atoms. The van der Waals surface area contributed by atoms with E-state index in [4.69, 9.17) is 19.8 Å². The summed E-state index contributed by atoms with van der Waals surface area (Å²) in [5.74, 6) is 0.0907. The van der Waals surface area contributed by atoms with E-state index in [0.29, 0.717) is 31.7 Å². The van der Waals surface area contributed by atoms with Crippen LogP contribution in [-0.2, 0) is 14.1 Å². The number of nitrogens with two attached hydrogens (primary N) is 1. The number of amides is 2. The summed E-state index contributed by atoms with van der Waals surface area (Å²) < 4.78 is 15.0. The largest absolute Gasteiger partial charge is 0.429 e. The Morgan fingerprint density at radius 1 is 1.06 bits per heavy atom. The molecule has 9 nitrogen and oxygen atoms in total. The summed E-state index contributed by atoms with van der Waals surface area (Å²) in [5, 5.41) is 10.3. The van der Waals surface area contributed by atoms with E-state index in [1.165, 1.54) is 15.1 Å². The van der Waals surface area contributed by atoms with E-state index >= 15 is 0 Å². The number of ether oxygens (including phenoxy) is 1. The standard InChI is InChI=1S/C20H28B2N4O5/c1-14(19(27)24-9-10-26-22-29-2)15-3-4-17-12-18(6-5-16(17)11-15)31-20(28)25-8-7-21-30-13-23/h3-6,11-12,14,26H,7-10,13,23H2,1-2H3,(H,24,27)(H,25,28)/t14-/m1/s1. The van der Waals surface area contributed by atoms with Gasteiger partial charge in [0, 0.05) is 26.7 Å². The predicted molar refractivity (Wildman–Crippen MR) is 121 cm³/mol. The van der Waals surface area contributed by atoms with Gasteiger partial charge in [-0.2, -0.15) is 0 Å². The van der Waals surface area contributed by atoms with E-state index in [2.05, 4.69) is 15.9 Å². The zero-order valence-electron chi connectivity index (χ0n) is 17.9. The minimum absolute atomic E-state index is 0.0516. The van der Waals surface area contributed by atoms with Crippen LogP contribution in [0.5, 0.6) is 5.75 Å². The van der Waals surface area contributed by atoms with Crippen molar-refractivity contribution in [1.82, 2.24) is 15.9 Å². The monoisotopic (exact) mass is 426 g/mol. The highest BCUT2D eigenvalue weighted by Crippen LogP contribution is 2.25. The molecule has 0 saturated heterocycles. The topological polar surface area (TPSA) is 124 Å². The molecule has 0 aromatic heterocycles. The van der Waals surface area contributed by atoms with E-state index in [1.807, 2.05) is 31.2 Å². The van der Waals surface area contributed by atoms with Crippen LogP contribution in [0.4, 0.5) is 4.79 Å². The molecule has 2 rings (SSSR count). The fourth-order valence-electron chi connectivity index (χ4n) is 2.81. The third-order valence-electron chi connectivity index (χ3n) is 4.45. The highest BCUT2D eigenvalue weighted by atomic mass is 16.6. The minimum Gasteiger partial charge on any atom is -0.429 e. The van der Waals surface area contributed by atoms with Crippen molar-refractivity contribution in [1.29, 1.82) is 0 Å². The zero-order chi connectivity index (χ0) is 22.5. The van der Waals surface area contributed by atoms with Gasteiger partial charge in [0.1, 0.15) is 5.75 Å². The fraction of sp³-hybridized carbons (Fsp3) is 0.400. The highest BCUT2D eigenvalue weighted by molar-refractivity contribution is 6.27. The summed E-state index contributed by atoms with van der Waals surface area (Å²) in [4.78, 5) is 24.2. The minimum atomic E-state index is -0.542. The Kier molecular flexibility index (Phi) is 10.9. The number of carbonyl (C=O) groups is 2. The van der Waals surface area contributed by atoms with Gasteiger partial charge in [0.15, 0.2) is 0 Å². The molecule has 0 aliphatic carbocycles. The second-order valence-electron chi connectivity index (χ2n) is 6.69. The van der Waals surface area contributed by atoms with Gasteiger partial charge in [0.05, 0.1) is 12.6 Å². The first-order chi connectivity index (χ1) is 15.0. The smallest absolute Gasteiger partial charge is 0.412 e. The van der Waals surface area contributed by atoms with Gasteiger partial charge in [0.25, 0.3) is 7.48 Å². The van der Waals surface area contributed by atoms with Gasteiger partial charge in [-0.3, -0.25) is 4.79 Å². The first kappa shape index (κ1) is 24.7. The molecule has 0 fully saturated rings. The van der Waals surface area contributed by atoms with Crippen molar-refractivity contribution in [3.05, 3.63) is 42.0 Å². The van der Waals surface area contributed by atoms with Crippen LogP contribution in [0.3, 0.4) is 0 Å². The Labute approximate surface area is 183 Å². The van der Waals surface area contributed by atoms with Crippen molar-refractivity contribution in [2.75, 3.05) is 33.5 Å². The second-order valence-corrected chi connectivity index (χ2v) is 6.69. The van der Waals surface area contributed by atoms with Crippen LogP contribution in [0.25, 0.3) is 10.8 Å². The predicted octanol–water partition coefficient (Wildman–Crippen LogP) is 0.888. The van der Waals surface area contributed by atoms with Crippen molar-refractivity contribution >= 4 is 37.9 Å². The van der Waals surface area contributed by atoms with Crippen molar-refractivity contribution in [3.63, 3.8) is 0 Å². The van der Waals surface area contributed by atoms with Crippen LogP contribution in [0, 0.1) is 0 Å². The molecule has 0 saturated carbocycles. The molecule has 31 heavy (non-hydrogen) atoms. The summed E-state index contributed by atoms with van der Waals surface area (Å²) in [6.07, 6.45) is -0.0132. The maximum Gasteiger partial charge on any atom is 0.412 e. The lowest BCUT2D eigenvalue weighted by atomic mass is 9.96. The Morgan fingerprint density at radius 2 is 1.84 bits per heavy atom. The lowest BCUT2D eigenvalue weighted by Gasteiger charge is -2.14. The average Bonchev–Trinajstić information content (AvgIpc) is 2.77. The van der Waals surface area contributed by atoms with Gasteiger partial charge in [0.2, 0.25) is 5.91 Å². The van der Waals surface area contributed by atoms with Crippen molar-refractivity contribution in [2.24, 2.45) is 5.73 Å². The molecule has 2 aromatic carbocycles. The quantitative estimate of drug-likeness (QED) is 0.213. The maximum absolute atomic E-state index is 12.4. The number of carbonyl (C=O) groups excluding carboxylic acids is 2. The SMILES string of the molecule is CO[B]NCCNC(=O)[C@H](C)c1ccc2cc(OC(=O)NCC[B]OCN)ccc2c1. The van der Waals surface area contributed by atoms with Gasteiger partial charge in [-0.25, -0.2) is 4.79 Å². The fourth-order valence-corrected chi connectivity index (χ4v) is 2.81. The van der Waals surface area contributed by atoms with E-state index in [1.54, 1.807) is 19.2 Å². The molecule has 0 aliphatic heterocycles. The maximum atomic E-state index is 12.4. The molecule has 2 radical (unpaired) electrons. The Balaban J connectivity index is 1.89. The number of rotatable bonds is 13. The lowest BCUT2D eigenvalue weighted by Crippen LogP contribution is -2.35. The van der Waals surface area contributed by atoms with Gasteiger partial charge < -0.3 is 35.6 Å². The molecule has 2 amide bonds. The van der Waals surface area contributed by atoms with Gasteiger partial charge in [-0.1, -0.05) is 24.3 Å². The van der Waals surface area contributed by atoms with Crippen LogP contribution in [-0.4, -0.2) is 60.6 Å². The molecule has 2 aromatic rings. The van der Waals surface area contributed by atoms with Gasteiger partial charge in [-0.05, 0) is 41.7 Å². The molecule has 5 N–H and O–H groups in total. The van der Waals surface area contributed by atoms with Crippen LogP contribution < -0.4 is 26.3 Å². The molecular formula is C20H28B2N4O5. The summed E-state index contributed by atoms with van der Waals surface area (Å²) >= 11 is 0. The van der Waals surface area contributed by atoms with Crippen molar-refractivity contribution in [3.8, 4) is 5.75 Å². The van der Waals surface area contributed by atoms with Crippen molar-refractivity contribution in [2.45, 2.75) is 19.2 Å². The number of nitrogens with one attached hydrogen (secondary N) is 3. The van der Waals surface area contributed by atoms with E-state index < -0.39 is 6.09 Å². The van der Waals surface area contributed by atoms with Crippen LogP contribution in [0.15, 0.2) is 36.4 Å². The number of hydrogen-bond acceptors (Lipinski definition) is 7. The normalized spacial score (nSPS) is 11.6. The van der Waals surface area contributed by atoms with Crippen LogP contribution in [0.1, 0.15) is 18.4 Å². The molecule has 1 atom stereocenters. The second kappa shape index (κ2) is 13.7. The molecule has 164 valence electrons. The van der Waals surface area contributed by atoms with Crippen LogP contribution in [0.2, 0.25) is 6.32 Å². The molecule has 0 aliphatic rings. The Bertz CT molecular complexity index is 855. The first-order valence-electron chi connectivity index (χ1n) is 10.0. The zero-order valence-corrected chi connectivity index (χ0v) is 17.9. The molecule has 0 bridgehead atoms. The molecule has 11 heteroatoms. The van der Waals surface area contributed by atoms with Gasteiger partial charge >= 0.3 is 13.7 Å². The molecular weight excluding hydrogens is 398 g/mol. The third kappa shape index (κ3) is 8.58. The van der Waals surface area contributed by atoms with Crippen LogP contribution >= 0.6 is 0 Å². The molecule has 0 heterocycles.